The fourth-order valence-electron chi connectivity index (χ4n) is 1.41. The minimum absolute atomic E-state index is 0.0706. The zero-order chi connectivity index (χ0) is 13.7. The third-order valence-corrected chi connectivity index (χ3v) is 2.22. The third-order valence-electron chi connectivity index (χ3n) is 2.22. The van der Waals surface area contributed by atoms with Crippen LogP contribution in [0.15, 0.2) is 47.1 Å². The number of ether oxygens (including phenoxy) is 1. The molecule has 0 aliphatic carbocycles. The minimum Gasteiger partial charge on any atom is -0.508 e. The molecule has 0 aromatic heterocycles. The lowest BCUT2D eigenvalue weighted by atomic mass is 10.1. The number of phenolic OH excluding ortho intramolecular Hbond substituents is 1. The normalized spacial score (nSPS) is 9.56. The van der Waals surface area contributed by atoms with Gasteiger partial charge >= 0.3 is 5.97 Å². The Morgan fingerprint density at radius 2 is 1.89 bits per heavy atom. The fourth-order valence-corrected chi connectivity index (χ4v) is 1.41. The van der Waals surface area contributed by atoms with Gasteiger partial charge < -0.3 is 9.84 Å². The average Bonchev–Trinajstić information content (AvgIpc) is 2.25. The van der Waals surface area contributed by atoms with Gasteiger partial charge in [0.1, 0.15) is 11.5 Å². The van der Waals surface area contributed by atoms with Gasteiger partial charge in [0, 0.05) is 6.07 Å². The van der Waals surface area contributed by atoms with Crippen molar-refractivity contribution in [3.63, 3.8) is 0 Å². The Bertz CT molecular complexity index is 502. The first-order valence-corrected chi connectivity index (χ1v) is 5.73. The molecular weight excluding hydrogens is 228 g/mol. The summed E-state index contributed by atoms with van der Waals surface area (Å²) in [4.78, 5) is 12.0. The Hall–Kier alpha value is -2.03. The Morgan fingerprint density at radius 3 is 2.39 bits per heavy atom. The highest BCUT2D eigenvalue weighted by Crippen LogP contribution is 2.20. The zero-order valence-electron chi connectivity index (χ0n) is 11.2. The van der Waals surface area contributed by atoms with Gasteiger partial charge in [-0.15, -0.1) is 0 Å². The summed E-state index contributed by atoms with van der Waals surface area (Å²) in [6.45, 7) is 7.56. The number of aromatic hydroxyl groups is 1. The van der Waals surface area contributed by atoms with E-state index in [1.54, 1.807) is 18.2 Å². The van der Waals surface area contributed by atoms with Crippen LogP contribution in [-0.2, 0) is 4.79 Å². The number of hydrogen-bond acceptors (Lipinski definition) is 3. The standard InChI is InChI=1S/C15H18O3/c1-10(2)8-14(11(3)4)15(17)18-13-7-5-6-12(16)9-13/h5-9,16H,1-4H3. The van der Waals surface area contributed by atoms with Crippen LogP contribution in [0, 0.1) is 0 Å². The van der Waals surface area contributed by atoms with E-state index in [2.05, 4.69) is 0 Å². The van der Waals surface area contributed by atoms with Gasteiger partial charge in [0.2, 0.25) is 0 Å². The number of allylic oxidation sites excluding steroid dienone is 2. The molecule has 1 N–H and O–H groups in total. The molecule has 0 bridgehead atoms. The quantitative estimate of drug-likeness (QED) is 0.383. The second-order valence-corrected chi connectivity index (χ2v) is 4.52. The number of phenols is 1. The van der Waals surface area contributed by atoms with Crippen LogP contribution < -0.4 is 4.74 Å². The molecule has 96 valence electrons. The molecule has 0 fully saturated rings. The van der Waals surface area contributed by atoms with Crippen LogP contribution in [0.2, 0.25) is 0 Å². The molecular formula is C15H18O3. The maximum atomic E-state index is 12.0. The molecule has 0 unspecified atom stereocenters. The summed E-state index contributed by atoms with van der Waals surface area (Å²) in [5, 5.41) is 9.30. The van der Waals surface area contributed by atoms with E-state index in [1.807, 2.05) is 27.7 Å². The Labute approximate surface area is 107 Å². The zero-order valence-corrected chi connectivity index (χ0v) is 11.2. The van der Waals surface area contributed by atoms with Crippen molar-refractivity contribution in [3.05, 3.63) is 47.1 Å². The first-order chi connectivity index (χ1) is 8.40. The van der Waals surface area contributed by atoms with E-state index in [9.17, 15) is 9.90 Å². The molecule has 18 heavy (non-hydrogen) atoms. The lowest BCUT2D eigenvalue weighted by molar-refractivity contribution is -0.129. The van der Waals surface area contributed by atoms with E-state index in [4.69, 9.17) is 4.74 Å². The summed E-state index contributed by atoms with van der Waals surface area (Å²) in [5.74, 6) is -0.0102. The number of rotatable bonds is 3. The predicted octanol–water partition coefficient (Wildman–Crippen LogP) is 3.60. The number of esters is 1. The minimum atomic E-state index is -0.415. The molecule has 0 spiro atoms. The lowest BCUT2D eigenvalue weighted by Gasteiger charge is -2.07. The van der Waals surface area contributed by atoms with Crippen LogP contribution in [0.3, 0.4) is 0 Å². The van der Waals surface area contributed by atoms with Crippen molar-refractivity contribution in [1.82, 2.24) is 0 Å². The number of benzene rings is 1. The molecule has 0 saturated carbocycles. The van der Waals surface area contributed by atoms with Gasteiger partial charge in [0.25, 0.3) is 0 Å². The molecule has 0 aliphatic rings. The van der Waals surface area contributed by atoms with Crippen molar-refractivity contribution in [3.8, 4) is 11.5 Å². The van der Waals surface area contributed by atoms with Crippen molar-refractivity contribution in [2.75, 3.05) is 0 Å². The molecule has 0 heterocycles. The second-order valence-electron chi connectivity index (χ2n) is 4.52. The Balaban J connectivity index is 2.94. The van der Waals surface area contributed by atoms with Gasteiger partial charge in [-0.1, -0.05) is 17.2 Å². The van der Waals surface area contributed by atoms with Gasteiger partial charge in [-0.05, 0) is 45.9 Å². The van der Waals surface area contributed by atoms with Crippen molar-refractivity contribution in [2.24, 2.45) is 0 Å². The molecule has 0 aliphatic heterocycles. The third kappa shape index (κ3) is 4.09. The van der Waals surface area contributed by atoms with Gasteiger partial charge in [-0.25, -0.2) is 4.79 Å². The molecule has 0 atom stereocenters. The van der Waals surface area contributed by atoms with E-state index in [-0.39, 0.29) is 5.75 Å². The van der Waals surface area contributed by atoms with Crippen molar-refractivity contribution < 1.29 is 14.6 Å². The van der Waals surface area contributed by atoms with Crippen molar-refractivity contribution in [1.29, 1.82) is 0 Å². The van der Waals surface area contributed by atoms with E-state index in [1.165, 1.54) is 12.1 Å². The molecule has 1 aromatic rings. The van der Waals surface area contributed by atoms with Crippen LogP contribution in [-0.4, -0.2) is 11.1 Å². The summed E-state index contributed by atoms with van der Waals surface area (Å²) in [6, 6.07) is 6.18. The molecule has 0 radical (unpaired) electrons. The highest BCUT2D eigenvalue weighted by Gasteiger charge is 2.11. The summed E-state index contributed by atoms with van der Waals surface area (Å²) < 4.78 is 5.22. The van der Waals surface area contributed by atoms with Gasteiger partial charge in [-0.3, -0.25) is 0 Å². The van der Waals surface area contributed by atoms with Crippen LogP contribution in [0.1, 0.15) is 27.7 Å². The van der Waals surface area contributed by atoms with Crippen molar-refractivity contribution >= 4 is 5.97 Å². The summed E-state index contributed by atoms with van der Waals surface area (Å²) >= 11 is 0. The van der Waals surface area contributed by atoms with Crippen LogP contribution in [0.25, 0.3) is 0 Å². The van der Waals surface area contributed by atoms with Crippen LogP contribution in [0.4, 0.5) is 0 Å². The van der Waals surface area contributed by atoms with E-state index in [0.29, 0.717) is 11.3 Å². The largest absolute Gasteiger partial charge is 0.508 e. The number of carbonyl (C=O) groups is 1. The molecule has 1 rings (SSSR count). The molecule has 3 heteroatoms. The first-order valence-electron chi connectivity index (χ1n) is 5.73. The smallest absolute Gasteiger partial charge is 0.343 e. The predicted molar refractivity (Wildman–Crippen MR) is 71.5 cm³/mol. The molecule has 3 nitrogen and oxygen atoms in total. The lowest BCUT2D eigenvalue weighted by Crippen LogP contribution is -2.11. The maximum absolute atomic E-state index is 12.0. The monoisotopic (exact) mass is 246 g/mol. The van der Waals surface area contributed by atoms with Crippen LogP contribution in [0.5, 0.6) is 11.5 Å². The van der Waals surface area contributed by atoms with E-state index >= 15 is 0 Å². The average molecular weight is 246 g/mol. The van der Waals surface area contributed by atoms with Crippen molar-refractivity contribution in [2.45, 2.75) is 27.7 Å². The highest BCUT2D eigenvalue weighted by molar-refractivity contribution is 5.94. The SMILES string of the molecule is CC(C)=CC(C(=O)Oc1cccc(O)c1)=C(C)C. The summed E-state index contributed by atoms with van der Waals surface area (Å²) in [6.07, 6.45) is 1.79. The first kappa shape index (κ1) is 14.0. The van der Waals surface area contributed by atoms with E-state index in [0.717, 1.165) is 11.1 Å². The topological polar surface area (TPSA) is 46.5 Å². The Kier molecular flexibility index (Phi) is 4.72. The van der Waals surface area contributed by atoms with Crippen LogP contribution >= 0.6 is 0 Å². The maximum Gasteiger partial charge on any atom is 0.343 e. The summed E-state index contributed by atoms with van der Waals surface area (Å²) in [5.41, 5.74) is 2.46. The summed E-state index contributed by atoms with van der Waals surface area (Å²) in [7, 11) is 0. The molecule has 0 saturated heterocycles. The van der Waals surface area contributed by atoms with Gasteiger partial charge in [-0.2, -0.15) is 0 Å². The molecule has 1 aromatic carbocycles. The Morgan fingerprint density at radius 1 is 1.22 bits per heavy atom. The second kappa shape index (κ2) is 6.05. The van der Waals surface area contributed by atoms with E-state index < -0.39 is 5.97 Å². The molecule has 0 amide bonds. The fraction of sp³-hybridized carbons (Fsp3) is 0.267. The number of hydrogen-bond donors (Lipinski definition) is 1. The highest BCUT2D eigenvalue weighted by atomic mass is 16.5. The van der Waals surface area contributed by atoms with Gasteiger partial charge in [0.15, 0.2) is 0 Å². The number of carbonyl (C=O) groups excluding carboxylic acids is 1. The van der Waals surface area contributed by atoms with Gasteiger partial charge in [0.05, 0.1) is 5.57 Å².